The number of rotatable bonds is 4. The number of thiazole rings is 1. The average Bonchev–Trinajstić information content (AvgIpc) is 3.02. The minimum absolute atomic E-state index is 0.0410. The van der Waals surface area contributed by atoms with Crippen LogP contribution in [0, 0.1) is 5.92 Å². The van der Waals surface area contributed by atoms with Gasteiger partial charge in [0.1, 0.15) is 9.88 Å². The Morgan fingerprint density at radius 1 is 1.36 bits per heavy atom. The highest BCUT2D eigenvalue weighted by Crippen LogP contribution is 2.47. The second kappa shape index (κ2) is 5.19. The van der Waals surface area contributed by atoms with Crippen molar-refractivity contribution in [1.82, 2.24) is 20.1 Å². The molecule has 4 rings (SSSR count). The summed E-state index contributed by atoms with van der Waals surface area (Å²) in [6, 6.07) is 0. The van der Waals surface area contributed by atoms with Crippen LogP contribution in [0.15, 0.2) is 18.6 Å². The molecule has 116 valence electrons. The van der Waals surface area contributed by atoms with Gasteiger partial charge in [0, 0.05) is 24.3 Å². The predicted octanol–water partition coefficient (Wildman–Crippen LogP) is 3.00. The molecule has 0 bridgehead atoms. The summed E-state index contributed by atoms with van der Waals surface area (Å²) in [7, 11) is 1.88. The van der Waals surface area contributed by atoms with E-state index >= 15 is 0 Å². The number of carbonyl (C=O) groups excluding carboxylic acids is 1. The Morgan fingerprint density at radius 3 is 2.73 bits per heavy atom. The number of nitrogens with zero attached hydrogens (tertiary/aromatic N) is 3. The van der Waals surface area contributed by atoms with Crippen LogP contribution in [-0.4, -0.2) is 26.2 Å². The Bertz CT molecular complexity index is 697. The zero-order valence-corrected chi connectivity index (χ0v) is 13.5. The summed E-state index contributed by atoms with van der Waals surface area (Å²) in [4.78, 5) is 17.7. The number of hydrogen-bond acceptors (Lipinski definition) is 4. The van der Waals surface area contributed by atoms with Crippen molar-refractivity contribution in [2.45, 2.75) is 44.1 Å². The number of carbonyl (C=O) groups is 1. The van der Waals surface area contributed by atoms with E-state index in [1.807, 2.05) is 13.2 Å². The molecule has 1 amide bonds. The first-order valence-corrected chi connectivity index (χ1v) is 8.75. The first-order chi connectivity index (χ1) is 10.7. The minimum atomic E-state index is 0.0410. The molecule has 2 aliphatic carbocycles. The summed E-state index contributed by atoms with van der Waals surface area (Å²) in [5.41, 5.74) is 1.04. The number of hydrogen-bond donors (Lipinski definition) is 1. The first-order valence-electron chi connectivity index (χ1n) is 7.94. The lowest BCUT2D eigenvalue weighted by Crippen LogP contribution is -2.59. The van der Waals surface area contributed by atoms with E-state index in [0.29, 0.717) is 10.8 Å². The topological polar surface area (TPSA) is 59.8 Å². The molecule has 0 unspecified atom stereocenters. The maximum Gasteiger partial charge on any atom is 0.263 e. The molecule has 22 heavy (non-hydrogen) atoms. The molecule has 5 nitrogen and oxygen atoms in total. The van der Waals surface area contributed by atoms with Crippen molar-refractivity contribution >= 4 is 17.2 Å². The molecule has 2 aromatic rings. The van der Waals surface area contributed by atoms with Crippen molar-refractivity contribution in [3.05, 3.63) is 23.5 Å². The van der Waals surface area contributed by atoms with Gasteiger partial charge in [-0.15, -0.1) is 11.3 Å². The van der Waals surface area contributed by atoms with Crippen molar-refractivity contribution in [2.75, 3.05) is 0 Å². The monoisotopic (exact) mass is 316 g/mol. The Hall–Kier alpha value is -1.69. The summed E-state index contributed by atoms with van der Waals surface area (Å²) < 4.78 is 1.75. The van der Waals surface area contributed by atoms with Gasteiger partial charge in [0.25, 0.3) is 5.91 Å². The molecular weight excluding hydrogens is 296 g/mol. The van der Waals surface area contributed by atoms with Crippen LogP contribution in [0.3, 0.4) is 0 Å². The highest BCUT2D eigenvalue weighted by atomic mass is 32.1. The molecule has 2 aliphatic rings. The number of aryl methyl sites for hydroxylation is 1. The largest absolute Gasteiger partial charge is 0.346 e. The standard InChI is InChI=1S/C16H20N4OS/c1-20-10-11(8-18-20)15-17-9-13(22-15)14(21)19-16(6-3-7-16)12-4-2-5-12/h8-10,12H,2-7H2,1H3,(H,19,21). The van der Waals surface area contributed by atoms with E-state index in [1.165, 1.54) is 37.0 Å². The van der Waals surface area contributed by atoms with Gasteiger partial charge in [0.05, 0.1) is 12.4 Å². The minimum Gasteiger partial charge on any atom is -0.346 e. The van der Waals surface area contributed by atoms with E-state index in [4.69, 9.17) is 0 Å². The van der Waals surface area contributed by atoms with Gasteiger partial charge in [0.2, 0.25) is 0 Å². The lowest BCUT2D eigenvalue weighted by molar-refractivity contribution is 0.0432. The number of nitrogens with one attached hydrogen (secondary N) is 1. The molecule has 0 aliphatic heterocycles. The van der Waals surface area contributed by atoms with Crippen LogP contribution in [0.25, 0.3) is 10.6 Å². The van der Waals surface area contributed by atoms with Gasteiger partial charge >= 0.3 is 0 Å². The van der Waals surface area contributed by atoms with Crippen LogP contribution in [0.1, 0.15) is 48.2 Å². The fourth-order valence-corrected chi connectivity index (χ4v) is 4.27. The smallest absolute Gasteiger partial charge is 0.263 e. The third kappa shape index (κ3) is 2.26. The Kier molecular flexibility index (Phi) is 3.29. The molecule has 0 saturated heterocycles. The lowest BCUT2D eigenvalue weighted by Gasteiger charge is -2.52. The molecule has 1 N–H and O–H groups in total. The SMILES string of the molecule is Cn1cc(-c2ncc(C(=O)NC3(C4CCC4)CCC3)s2)cn1. The maximum atomic E-state index is 12.6. The summed E-state index contributed by atoms with van der Waals surface area (Å²) >= 11 is 1.44. The van der Waals surface area contributed by atoms with Crippen LogP contribution in [0.5, 0.6) is 0 Å². The van der Waals surface area contributed by atoms with Crippen molar-refractivity contribution in [3.8, 4) is 10.6 Å². The Labute approximate surface area is 133 Å². The van der Waals surface area contributed by atoms with Gasteiger partial charge in [-0.2, -0.15) is 5.10 Å². The maximum absolute atomic E-state index is 12.6. The summed E-state index contributed by atoms with van der Waals surface area (Å²) in [6.45, 7) is 0. The van der Waals surface area contributed by atoms with E-state index < -0.39 is 0 Å². The van der Waals surface area contributed by atoms with Gasteiger partial charge < -0.3 is 5.32 Å². The van der Waals surface area contributed by atoms with Crippen LogP contribution < -0.4 is 5.32 Å². The van der Waals surface area contributed by atoms with E-state index in [1.54, 1.807) is 17.1 Å². The van der Waals surface area contributed by atoms with E-state index in [0.717, 1.165) is 23.4 Å². The van der Waals surface area contributed by atoms with Crippen LogP contribution >= 0.6 is 11.3 Å². The molecule has 0 aromatic carbocycles. The fraction of sp³-hybridized carbons (Fsp3) is 0.562. The van der Waals surface area contributed by atoms with E-state index in [-0.39, 0.29) is 11.4 Å². The number of aromatic nitrogens is 3. The van der Waals surface area contributed by atoms with Crippen LogP contribution in [-0.2, 0) is 7.05 Å². The van der Waals surface area contributed by atoms with Gasteiger partial charge in [-0.25, -0.2) is 4.98 Å². The third-order valence-electron chi connectivity index (χ3n) is 5.18. The summed E-state index contributed by atoms with van der Waals surface area (Å²) in [5.74, 6) is 0.732. The molecular formula is C16H20N4OS. The number of amides is 1. The highest BCUT2D eigenvalue weighted by Gasteiger charge is 2.47. The fourth-order valence-electron chi connectivity index (χ4n) is 3.49. The zero-order valence-electron chi connectivity index (χ0n) is 12.7. The van der Waals surface area contributed by atoms with Gasteiger partial charge in [0.15, 0.2) is 0 Å². The van der Waals surface area contributed by atoms with Gasteiger partial charge in [-0.1, -0.05) is 6.42 Å². The van der Waals surface area contributed by atoms with Gasteiger partial charge in [-0.3, -0.25) is 9.48 Å². The molecule has 0 spiro atoms. The van der Waals surface area contributed by atoms with Crippen molar-refractivity contribution in [3.63, 3.8) is 0 Å². The molecule has 2 saturated carbocycles. The van der Waals surface area contributed by atoms with Crippen molar-refractivity contribution in [2.24, 2.45) is 13.0 Å². The molecule has 0 atom stereocenters. The third-order valence-corrected chi connectivity index (χ3v) is 6.22. The highest BCUT2D eigenvalue weighted by molar-refractivity contribution is 7.16. The predicted molar refractivity (Wildman–Crippen MR) is 85.7 cm³/mol. The zero-order chi connectivity index (χ0) is 15.2. The van der Waals surface area contributed by atoms with Gasteiger partial charge in [-0.05, 0) is 38.0 Å². The first kappa shape index (κ1) is 13.9. The van der Waals surface area contributed by atoms with E-state index in [9.17, 15) is 4.79 Å². The second-order valence-corrected chi connectivity index (χ2v) is 7.55. The second-order valence-electron chi connectivity index (χ2n) is 6.52. The van der Waals surface area contributed by atoms with Crippen molar-refractivity contribution in [1.29, 1.82) is 0 Å². The van der Waals surface area contributed by atoms with Crippen molar-refractivity contribution < 1.29 is 4.79 Å². The molecule has 6 heteroatoms. The lowest BCUT2D eigenvalue weighted by atomic mass is 9.61. The van der Waals surface area contributed by atoms with Crippen LogP contribution in [0.2, 0.25) is 0 Å². The quantitative estimate of drug-likeness (QED) is 0.943. The molecule has 2 fully saturated rings. The molecule has 2 aromatic heterocycles. The molecule has 0 radical (unpaired) electrons. The Balaban J connectivity index is 1.50. The molecule has 2 heterocycles. The summed E-state index contributed by atoms with van der Waals surface area (Å²) in [6.07, 6.45) is 12.7. The van der Waals surface area contributed by atoms with Crippen LogP contribution in [0.4, 0.5) is 0 Å². The average molecular weight is 316 g/mol. The summed E-state index contributed by atoms with van der Waals surface area (Å²) in [5, 5.41) is 8.33. The van der Waals surface area contributed by atoms with E-state index in [2.05, 4.69) is 15.4 Å². The normalized spacial score (nSPS) is 20.2. The Morgan fingerprint density at radius 2 is 2.18 bits per heavy atom.